The van der Waals surface area contributed by atoms with Crippen LogP contribution in [0.4, 0.5) is 0 Å². The molecule has 8 heteroatoms. The van der Waals surface area contributed by atoms with Crippen molar-refractivity contribution in [1.29, 1.82) is 0 Å². The minimum Gasteiger partial charge on any atom is -0.496 e. The van der Waals surface area contributed by atoms with Crippen molar-refractivity contribution in [3.63, 3.8) is 0 Å². The van der Waals surface area contributed by atoms with E-state index < -0.39 is 10.0 Å². The molecule has 4 rings (SSSR count). The molecule has 1 aromatic heterocycles. The number of hydrogen-bond acceptors (Lipinski definition) is 5. The van der Waals surface area contributed by atoms with Gasteiger partial charge in [-0.1, -0.05) is 24.3 Å². The van der Waals surface area contributed by atoms with E-state index in [0.717, 1.165) is 29.0 Å². The number of ether oxygens (including phenoxy) is 1. The number of thiophene rings is 1. The van der Waals surface area contributed by atoms with Crippen LogP contribution in [-0.4, -0.2) is 43.7 Å². The van der Waals surface area contributed by atoms with Crippen LogP contribution in [0.1, 0.15) is 33.6 Å². The smallest absolute Gasteiger partial charge is 0.254 e. The maximum atomic E-state index is 13.4. The van der Waals surface area contributed by atoms with E-state index in [0.29, 0.717) is 31.7 Å². The predicted molar refractivity (Wildman–Crippen MR) is 125 cm³/mol. The monoisotopic (exact) mass is 470 g/mol. The lowest BCUT2D eigenvalue weighted by Gasteiger charge is -2.24. The molecule has 2 heterocycles. The molecule has 0 atom stereocenters. The molecule has 0 unspecified atom stereocenters. The molecule has 168 valence electrons. The Labute approximate surface area is 193 Å². The fourth-order valence-corrected chi connectivity index (χ4v) is 6.10. The molecule has 32 heavy (non-hydrogen) atoms. The first-order valence-corrected chi connectivity index (χ1v) is 12.8. The van der Waals surface area contributed by atoms with Crippen LogP contribution in [0.25, 0.3) is 0 Å². The highest BCUT2D eigenvalue weighted by Crippen LogP contribution is 2.25. The summed E-state index contributed by atoms with van der Waals surface area (Å²) in [6.45, 7) is 1.95. The van der Waals surface area contributed by atoms with Gasteiger partial charge in [-0.25, -0.2) is 8.42 Å². The zero-order valence-electron chi connectivity index (χ0n) is 17.9. The summed E-state index contributed by atoms with van der Waals surface area (Å²) in [5.41, 5.74) is 1.37. The van der Waals surface area contributed by atoms with Crippen molar-refractivity contribution >= 4 is 27.3 Å². The van der Waals surface area contributed by atoms with Gasteiger partial charge < -0.3 is 9.64 Å². The number of nitrogens with zero attached hydrogens (tertiary/aromatic N) is 2. The first kappa shape index (κ1) is 22.5. The standard InChI is InChI=1S/C24H26N2O4S2/c1-30-23-9-3-2-7-20(23)17-25(18-21-8-6-16-31-21)24(27)19-10-12-22(13-11-19)32(28,29)26-14-4-5-15-26/h2-3,6-13,16H,4-5,14-15,17-18H2,1H3. The Bertz CT molecular complexity index is 1150. The maximum Gasteiger partial charge on any atom is 0.254 e. The highest BCUT2D eigenvalue weighted by molar-refractivity contribution is 7.89. The van der Waals surface area contributed by atoms with E-state index in [1.54, 1.807) is 35.5 Å². The number of carbonyl (C=O) groups is 1. The topological polar surface area (TPSA) is 66.9 Å². The van der Waals surface area contributed by atoms with Crippen LogP contribution in [0.3, 0.4) is 0 Å². The lowest BCUT2D eigenvalue weighted by molar-refractivity contribution is 0.0730. The highest BCUT2D eigenvalue weighted by Gasteiger charge is 2.27. The summed E-state index contributed by atoms with van der Waals surface area (Å²) in [4.78, 5) is 16.5. The second kappa shape index (κ2) is 9.85. The van der Waals surface area contributed by atoms with Crippen molar-refractivity contribution < 1.29 is 17.9 Å². The molecule has 0 spiro atoms. The molecule has 1 aliphatic rings. The van der Waals surface area contributed by atoms with Gasteiger partial charge in [-0.2, -0.15) is 4.31 Å². The minimum atomic E-state index is -3.51. The molecular formula is C24H26N2O4S2. The van der Waals surface area contributed by atoms with E-state index in [9.17, 15) is 13.2 Å². The molecule has 2 aromatic carbocycles. The van der Waals surface area contributed by atoms with Gasteiger partial charge in [0.15, 0.2) is 0 Å². The van der Waals surface area contributed by atoms with Crippen molar-refractivity contribution in [2.45, 2.75) is 30.8 Å². The van der Waals surface area contributed by atoms with Crippen LogP contribution in [0.15, 0.2) is 70.9 Å². The van der Waals surface area contributed by atoms with Gasteiger partial charge in [0.25, 0.3) is 5.91 Å². The number of hydrogen-bond donors (Lipinski definition) is 0. The molecule has 1 aliphatic heterocycles. The van der Waals surface area contributed by atoms with Crippen molar-refractivity contribution in [3.05, 3.63) is 82.0 Å². The van der Waals surface area contributed by atoms with Crippen LogP contribution in [0.5, 0.6) is 5.75 Å². The molecule has 1 saturated heterocycles. The third-order valence-electron chi connectivity index (χ3n) is 5.57. The third kappa shape index (κ3) is 4.87. The van der Waals surface area contributed by atoms with Gasteiger partial charge in [0.1, 0.15) is 5.75 Å². The normalized spacial score (nSPS) is 14.4. The van der Waals surface area contributed by atoms with Gasteiger partial charge in [0.2, 0.25) is 10.0 Å². The Balaban J connectivity index is 1.59. The van der Waals surface area contributed by atoms with Crippen molar-refractivity contribution in [1.82, 2.24) is 9.21 Å². The predicted octanol–water partition coefficient (Wildman–Crippen LogP) is 4.38. The average Bonchev–Trinajstić information content (AvgIpc) is 3.53. The Morgan fingerprint density at radius 1 is 1.00 bits per heavy atom. The zero-order chi connectivity index (χ0) is 22.6. The Kier molecular flexibility index (Phi) is 6.93. The Morgan fingerprint density at radius 3 is 2.38 bits per heavy atom. The lowest BCUT2D eigenvalue weighted by Crippen LogP contribution is -2.30. The number of para-hydroxylation sites is 1. The molecule has 1 amide bonds. The van der Waals surface area contributed by atoms with Crippen LogP contribution >= 0.6 is 11.3 Å². The zero-order valence-corrected chi connectivity index (χ0v) is 19.6. The number of benzene rings is 2. The molecule has 0 N–H and O–H groups in total. The molecule has 0 aliphatic carbocycles. The fourth-order valence-electron chi connectivity index (χ4n) is 3.86. The number of amides is 1. The second-order valence-corrected chi connectivity index (χ2v) is 10.7. The largest absolute Gasteiger partial charge is 0.496 e. The lowest BCUT2D eigenvalue weighted by atomic mass is 10.1. The van der Waals surface area contributed by atoms with E-state index in [1.807, 2.05) is 41.8 Å². The Hall–Kier alpha value is -2.68. The minimum absolute atomic E-state index is 0.158. The molecule has 0 bridgehead atoms. The van der Waals surface area contributed by atoms with E-state index in [-0.39, 0.29) is 10.8 Å². The number of rotatable bonds is 8. The van der Waals surface area contributed by atoms with Crippen molar-refractivity contribution in [2.24, 2.45) is 0 Å². The first-order chi connectivity index (χ1) is 15.5. The van der Waals surface area contributed by atoms with Crippen LogP contribution in [0.2, 0.25) is 0 Å². The Morgan fingerprint density at radius 2 is 1.72 bits per heavy atom. The molecule has 1 fully saturated rings. The fraction of sp³-hybridized carbons (Fsp3) is 0.292. The molecule has 0 radical (unpaired) electrons. The summed E-state index contributed by atoms with van der Waals surface area (Å²) in [7, 11) is -1.89. The average molecular weight is 471 g/mol. The van der Waals surface area contributed by atoms with E-state index in [4.69, 9.17) is 4.74 Å². The van der Waals surface area contributed by atoms with Crippen LogP contribution in [-0.2, 0) is 23.1 Å². The first-order valence-electron chi connectivity index (χ1n) is 10.5. The van der Waals surface area contributed by atoms with E-state index >= 15 is 0 Å². The van der Waals surface area contributed by atoms with E-state index in [2.05, 4.69) is 0 Å². The summed E-state index contributed by atoms with van der Waals surface area (Å²) in [5, 5.41) is 1.99. The summed E-state index contributed by atoms with van der Waals surface area (Å²) >= 11 is 1.59. The van der Waals surface area contributed by atoms with Gasteiger partial charge in [-0.15, -0.1) is 11.3 Å². The van der Waals surface area contributed by atoms with Crippen molar-refractivity contribution in [3.8, 4) is 5.75 Å². The van der Waals surface area contributed by atoms with E-state index in [1.165, 1.54) is 16.4 Å². The second-order valence-electron chi connectivity index (χ2n) is 7.69. The molecule has 0 saturated carbocycles. The van der Waals surface area contributed by atoms with Gasteiger partial charge >= 0.3 is 0 Å². The van der Waals surface area contributed by atoms with Crippen LogP contribution < -0.4 is 4.74 Å². The van der Waals surface area contributed by atoms with Gasteiger partial charge in [-0.3, -0.25) is 4.79 Å². The summed E-state index contributed by atoms with van der Waals surface area (Å²) in [6.07, 6.45) is 1.77. The van der Waals surface area contributed by atoms with Crippen LogP contribution in [0, 0.1) is 0 Å². The quantitative estimate of drug-likeness (QED) is 0.490. The van der Waals surface area contributed by atoms with Crippen molar-refractivity contribution in [2.75, 3.05) is 20.2 Å². The van der Waals surface area contributed by atoms with Gasteiger partial charge in [0, 0.05) is 29.1 Å². The number of carbonyl (C=O) groups excluding carboxylic acids is 1. The highest BCUT2D eigenvalue weighted by atomic mass is 32.2. The summed E-state index contributed by atoms with van der Waals surface area (Å²) in [6, 6.07) is 17.9. The number of sulfonamides is 1. The SMILES string of the molecule is COc1ccccc1CN(Cc1cccs1)C(=O)c1ccc(S(=O)(=O)N2CCCC2)cc1. The molecule has 6 nitrogen and oxygen atoms in total. The summed E-state index contributed by atoms with van der Waals surface area (Å²) in [5.74, 6) is 0.568. The van der Waals surface area contributed by atoms with Gasteiger partial charge in [-0.05, 0) is 54.6 Å². The summed E-state index contributed by atoms with van der Waals surface area (Å²) < 4.78 is 32.6. The third-order valence-corrected chi connectivity index (χ3v) is 8.35. The number of methoxy groups -OCH3 is 1. The molecular weight excluding hydrogens is 444 g/mol. The van der Waals surface area contributed by atoms with Gasteiger partial charge in [0.05, 0.1) is 25.1 Å². The maximum absolute atomic E-state index is 13.4. The molecule has 3 aromatic rings.